The molecule has 5 amide bonds. The number of ether oxygens (including phenoxy) is 6. The van der Waals surface area contributed by atoms with Crippen LogP contribution in [-0.4, -0.2) is 139 Å². The quantitative estimate of drug-likeness (QED) is 0.00414. The first-order valence-corrected chi connectivity index (χ1v) is 26.6. The number of aliphatic imine (C=N–C) groups is 2. The van der Waals surface area contributed by atoms with Gasteiger partial charge in [0.2, 0.25) is 41.0 Å². The monoisotopic (exact) mass is 1200 g/mol. The number of carbonyl (C=O) groups excluding carboxylic acids is 6. The summed E-state index contributed by atoms with van der Waals surface area (Å²) in [5, 5.41) is 25.3. The molecule has 1 aliphatic heterocycles. The number of amidine groups is 1. The summed E-state index contributed by atoms with van der Waals surface area (Å²) in [6, 6.07) is 21.1. The van der Waals surface area contributed by atoms with Gasteiger partial charge in [-0.15, -0.1) is 0 Å². The maximum absolute atomic E-state index is 15.1. The second-order valence-corrected chi connectivity index (χ2v) is 18.6. The van der Waals surface area contributed by atoms with Crippen molar-refractivity contribution in [3.63, 3.8) is 0 Å². The Labute approximate surface area is 489 Å². The van der Waals surface area contributed by atoms with Gasteiger partial charge in [0.05, 0.1) is 109 Å². The molecule has 3 atom stereocenters. The average Bonchev–Trinajstić information content (AvgIpc) is 1.53. The summed E-state index contributed by atoms with van der Waals surface area (Å²) < 4.78 is 114. The largest absolute Gasteiger partial charge is 0.420 e. The second-order valence-electron chi connectivity index (χ2n) is 18.6. The van der Waals surface area contributed by atoms with E-state index in [1.54, 1.807) is 54.6 Å². The summed E-state index contributed by atoms with van der Waals surface area (Å²) in [5.74, 6) is -14.9. The number of amides is 5. The van der Waals surface area contributed by atoms with Crippen molar-refractivity contribution in [2.75, 3.05) is 90.4 Å². The topological polar surface area (TPSA) is 305 Å². The van der Waals surface area contributed by atoms with Crippen LogP contribution >= 0.6 is 0 Å². The molecule has 0 radical (unpaired) electrons. The van der Waals surface area contributed by atoms with Crippen molar-refractivity contribution >= 4 is 64.8 Å². The average molecular weight is 1210 g/mol. The molecule has 6 rings (SSSR count). The van der Waals surface area contributed by atoms with Gasteiger partial charge in [-0.3, -0.25) is 33.8 Å². The molecule has 1 heterocycles. The summed E-state index contributed by atoms with van der Waals surface area (Å²) in [6.45, 7) is -0.642. The summed E-state index contributed by atoms with van der Waals surface area (Å²) >= 11 is 0. The molecule has 0 unspecified atom stereocenters. The normalized spacial score (nSPS) is 14.2. The van der Waals surface area contributed by atoms with Gasteiger partial charge in [-0.05, 0) is 53.1 Å². The fourth-order valence-corrected chi connectivity index (χ4v) is 8.36. The maximum Gasteiger partial charge on any atom is 0.313 e. The van der Waals surface area contributed by atoms with Gasteiger partial charge in [-0.25, -0.2) is 22.6 Å². The number of hydrogen-bond donors (Lipinski definition) is 8. The third-order valence-electron chi connectivity index (χ3n) is 12.5. The van der Waals surface area contributed by atoms with E-state index in [2.05, 4.69) is 46.6 Å². The zero-order valence-electron chi connectivity index (χ0n) is 46.3. The number of rotatable bonds is 32. The van der Waals surface area contributed by atoms with E-state index < -0.39 is 114 Å². The molecule has 28 heteroatoms. The molecule has 86 heavy (non-hydrogen) atoms. The number of fused-ring (bicyclic) bond motifs is 1. The van der Waals surface area contributed by atoms with Crippen molar-refractivity contribution in [2.24, 2.45) is 21.6 Å². The molecule has 0 saturated carbocycles. The Bertz CT molecular complexity index is 3190. The highest BCUT2D eigenvalue weighted by molar-refractivity contribution is 6.22. The van der Waals surface area contributed by atoms with Gasteiger partial charge in [0, 0.05) is 42.9 Å². The van der Waals surface area contributed by atoms with E-state index in [1.165, 1.54) is 31.3 Å². The van der Waals surface area contributed by atoms with E-state index in [1.807, 2.05) is 0 Å². The maximum atomic E-state index is 15.1. The van der Waals surface area contributed by atoms with E-state index >= 15 is 4.39 Å². The first-order chi connectivity index (χ1) is 41.5. The Balaban J connectivity index is 0.843. The van der Waals surface area contributed by atoms with Gasteiger partial charge in [0.25, 0.3) is 5.91 Å². The number of nitrogens with two attached hydrogens (primary N) is 1. The van der Waals surface area contributed by atoms with Crippen LogP contribution in [0, 0.1) is 46.2 Å². The highest BCUT2D eigenvalue weighted by Gasteiger charge is 2.40. The molecule has 22 nitrogen and oxygen atoms in total. The highest BCUT2D eigenvalue weighted by Crippen LogP contribution is 2.40. The van der Waals surface area contributed by atoms with E-state index in [9.17, 15) is 56.1 Å². The Morgan fingerprint density at radius 3 is 1.92 bits per heavy atom. The zero-order valence-corrected chi connectivity index (χ0v) is 46.3. The first-order valence-electron chi connectivity index (χ1n) is 26.6. The SMILES string of the molecule is CN=C(N=CN)[C@H]1C(=N)c2c(cc(F)cc2C(=O)NCOCc2ccc(NC(=O)CNC(=O)[C@H](Cc3ccccc3)NC(=O)CNC(=O)CCOCCOCCOCCOCCC(=O)Oc3c(F)c(F)cc(F)c3F)cc2)N[C@@H]1c1ccc(F)cc1. The molecule has 0 saturated heterocycles. The third-order valence-corrected chi connectivity index (χ3v) is 12.5. The van der Waals surface area contributed by atoms with E-state index in [-0.39, 0.29) is 113 Å². The molecule has 5 aromatic rings. The van der Waals surface area contributed by atoms with Crippen LogP contribution in [-0.2, 0) is 60.7 Å². The van der Waals surface area contributed by atoms with Crippen molar-refractivity contribution in [1.82, 2.24) is 21.3 Å². The molecule has 458 valence electrons. The Morgan fingerprint density at radius 2 is 1.29 bits per heavy atom. The number of carbonyl (C=O) groups is 6. The van der Waals surface area contributed by atoms with Crippen LogP contribution in [0.2, 0.25) is 0 Å². The lowest BCUT2D eigenvalue weighted by molar-refractivity contribution is -0.136. The molecule has 0 fully saturated rings. The fraction of sp³-hybridized carbons (Fsp3) is 0.328. The molecular weight excluding hydrogens is 1140 g/mol. The summed E-state index contributed by atoms with van der Waals surface area (Å²) in [5.41, 5.74) is 7.86. The number of halogens is 6. The van der Waals surface area contributed by atoms with E-state index in [0.717, 1.165) is 18.5 Å². The Morgan fingerprint density at radius 1 is 0.674 bits per heavy atom. The molecule has 5 aromatic carbocycles. The molecule has 0 spiro atoms. The van der Waals surface area contributed by atoms with Gasteiger partial charge in [0.1, 0.15) is 30.2 Å². The van der Waals surface area contributed by atoms with Gasteiger partial charge in [-0.2, -0.15) is 8.78 Å². The number of hydrogen-bond acceptors (Lipinski definition) is 15. The van der Waals surface area contributed by atoms with Crippen molar-refractivity contribution in [2.45, 2.75) is 38.0 Å². The molecule has 9 N–H and O–H groups in total. The Kier molecular flexibility index (Phi) is 26.1. The standard InChI is InChI=1S/C58H62F6N10O12/c1-67-56(70-32-65)50-53(66)49-40(26-38(60)27-43(49)74-54(50)36-9-11-37(59)12-10-36)57(79)71-33-85-31-35-7-13-39(14-8-35)72-46(76)30-69-58(80)44(25-34-5-3-2-4-6-34)73-47(77)29-68-45(75)15-17-81-19-21-83-23-24-84-22-20-82-18-16-48(78)86-55-51(63)41(61)28-42(62)52(55)64/h2-14,26-28,32,44,50,54,66,74H,15-25,29-31,33H2,1H3,(H,68,75)(H,69,80)(H,71,79)(H,72,76)(H,73,77)(H2,65,67,70)/t44-,50-,54+/m0/s1. The van der Waals surface area contributed by atoms with Gasteiger partial charge >= 0.3 is 5.97 Å². The van der Waals surface area contributed by atoms with Crippen molar-refractivity contribution in [3.05, 3.63) is 160 Å². The number of anilines is 2. The van der Waals surface area contributed by atoms with Gasteiger partial charge < -0.3 is 71.5 Å². The lowest BCUT2D eigenvalue weighted by Gasteiger charge is -2.36. The van der Waals surface area contributed by atoms with Crippen LogP contribution in [0.3, 0.4) is 0 Å². The number of nitrogens with one attached hydrogen (secondary N) is 7. The minimum Gasteiger partial charge on any atom is -0.420 e. The van der Waals surface area contributed by atoms with E-state index in [4.69, 9.17) is 29.4 Å². The first kappa shape index (κ1) is 66.1. The zero-order chi connectivity index (χ0) is 62.0. The smallest absolute Gasteiger partial charge is 0.313 e. The predicted octanol–water partition coefficient (Wildman–Crippen LogP) is 4.94. The van der Waals surface area contributed by atoms with Crippen LogP contribution in [0.15, 0.2) is 107 Å². The summed E-state index contributed by atoms with van der Waals surface area (Å²) in [7, 11) is 1.46. The minimum absolute atomic E-state index is 0.00716. The van der Waals surface area contributed by atoms with Gasteiger partial charge in [0.15, 0.2) is 11.6 Å². The van der Waals surface area contributed by atoms with Crippen LogP contribution in [0.5, 0.6) is 5.75 Å². The van der Waals surface area contributed by atoms with Crippen LogP contribution < -0.4 is 42.4 Å². The molecule has 1 aliphatic rings. The summed E-state index contributed by atoms with van der Waals surface area (Å²) in [6.07, 6.45) is 0.530. The number of nitrogens with zero attached hydrogens (tertiary/aromatic N) is 2. The van der Waals surface area contributed by atoms with Crippen molar-refractivity contribution in [3.8, 4) is 5.75 Å². The number of benzene rings is 5. The van der Waals surface area contributed by atoms with Gasteiger partial charge in [-0.1, -0.05) is 54.6 Å². The minimum atomic E-state index is -1.84. The second kappa shape index (κ2) is 34.0. The van der Waals surface area contributed by atoms with Crippen LogP contribution in [0.1, 0.15) is 51.5 Å². The highest BCUT2D eigenvalue weighted by atomic mass is 19.2. The van der Waals surface area contributed by atoms with Crippen molar-refractivity contribution in [1.29, 1.82) is 5.41 Å². The Hall–Kier alpha value is -9.09. The molecule has 0 aliphatic carbocycles. The summed E-state index contributed by atoms with van der Waals surface area (Å²) in [4.78, 5) is 85.4. The lowest BCUT2D eigenvalue weighted by atomic mass is 9.79. The lowest BCUT2D eigenvalue weighted by Crippen LogP contribution is -2.51. The van der Waals surface area contributed by atoms with Crippen molar-refractivity contribution < 1.29 is 83.5 Å². The molecule has 0 bridgehead atoms. The van der Waals surface area contributed by atoms with Crippen LogP contribution in [0.4, 0.5) is 37.7 Å². The predicted molar refractivity (Wildman–Crippen MR) is 300 cm³/mol. The number of esters is 1. The van der Waals surface area contributed by atoms with Crippen LogP contribution in [0.25, 0.3) is 0 Å². The van der Waals surface area contributed by atoms with E-state index in [0.29, 0.717) is 22.4 Å². The third kappa shape index (κ3) is 20.3. The molecular formula is C58H62F6N10O12. The fourth-order valence-electron chi connectivity index (χ4n) is 8.36. The molecule has 0 aromatic heterocycles.